The van der Waals surface area contributed by atoms with Crippen LogP contribution < -0.4 is 10.1 Å². The summed E-state index contributed by atoms with van der Waals surface area (Å²) in [5.74, 6) is -0.530. The van der Waals surface area contributed by atoms with Gasteiger partial charge in [-0.25, -0.2) is 4.39 Å². The van der Waals surface area contributed by atoms with Crippen molar-refractivity contribution < 1.29 is 23.5 Å². The highest BCUT2D eigenvalue weighted by Gasteiger charge is 2.21. The number of rotatable bonds is 6. The Balaban J connectivity index is 1.55. The minimum atomic E-state index is -0.417. The lowest BCUT2D eigenvalue weighted by molar-refractivity contribution is -0.134. The molecule has 3 aromatic rings. The number of methoxy groups -OCH3 is 1. The number of hydrogen-bond acceptors (Lipinski definition) is 5. The monoisotopic (exact) mass is 438 g/mol. The Labute approximate surface area is 184 Å². The van der Waals surface area contributed by atoms with Gasteiger partial charge in [0.1, 0.15) is 11.6 Å². The largest absolute Gasteiger partial charge is 0.495 e. The Hall–Kier alpha value is -3.72. The summed E-state index contributed by atoms with van der Waals surface area (Å²) in [4.78, 5) is 26.8. The zero-order valence-electron chi connectivity index (χ0n) is 17.6. The van der Waals surface area contributed by atoms with Crippen LogP contribution in [0.4, 0.5) is 4.39 Å². The third-order valence-corrected chi connectivity index (χ3v) is 5.23. The number of aromatic nitrogens is 2. The third kappa shape index (κ3) is 4.62. The van der Waals surface area contributed by atoms with Crippen molar-refractivity contribution in [2.45, 2.75) is 0 Å². The van der Waals surface area contributed by atoms with Gasteiger partial charge in [0, 0.05) is 13.1 Å². The van der Waals surface area contributed by atoms with Crippen molar-refractivity contribution in [3.05, 3.63) is 59.0 Å². The van der Waals surface area contributed by atoms with Crippen molar-refractivity contribution in [2.75, 3.05) is 40.0 Å². The molecule has 2 amide bonds. The van der Waals surface area contributed by atoms with E-state index in [-0.39, 0.29) is 18.3 Å². The molecule has 4 rings (SSSR count). The molecule has 0 bridgehead atoms. The van der Waals surface area contributed by atoms with Crippen molar-refractivity contribution in [3.8, 4) is 5.75 Å². The van der Waals surface area contributed by atoms with Crippen LogP contribution in [0.2, 0.25) is 0 Å². The second-order valence-electron chi connectivity index (χ2n) is 7.24. The Morgan fingerprint density at radius 1 is 1.19 bits per heavy atom. The summed E-state index contributed by atoms with van der Waals surface area (Å²) in [5, 5.41) is 10.5. The number of carbonyl (C=O) groups is 2. The molecule has 8 nitrogen and oxygen atoms in total. The molecule has 9 heteroatoms. The Kier molecular flexibility index (Phi) is 6.46. The van der Waals surface area contributed by atoms with Gasteiger partial charge < -0.3 is 19.7 Å². The van der Waals surface area contributed by atoms with Crippen molar-refractivity contribution in [3.63, 3.8) is 0 Å². The second-order valence-corrected chi connectivity index (χ2v) is 7.24. The average molecular weight is 438 g/mol. The van der Waals surface area contributed by atoms with Crippen LogP contribution in [-0.2, 0) is 9.53 Å². The Morgan fingerprint density at radius 2 is 1.94 bits per heavy atom. The molecule has 0 atom stereocenters. The van der Waals surface area contributed by atoms with E-state index in [2.05, 4.69) is 15.5 Å². The number of halogens is 1. The molecule has 2 aromatic carbocycles. The van der Waals surface area contributed by atoms with Gasteiger partial charge in [0.05, 0.1) is 49.0 Å². The summed E-state index contributed by atoms with van der Waals surface area (Å²) >= 11 is 0. The van der Waals surface area contributed by atoms with Gasteiger partial charge in [-0.1, -0.05) is 18.2 Å². The van der Waals surface area contributed by atoms with Crippen LogP contribution in [0.1, 0.15) is 21.6 Å². The van der Waals surface area contributed by atoms with Gasteiger partial charge in [0.15, 0.2) is 0 Å². The standard InChI is InChI=1S/C23H23FN4O4/c1-31-22-17(23(30)25-14-20(29)28-10-12-32-13-11-28)7-9-19-21(22)18(26-27-19)8-4-15-2-5-16(24)6-3-15/h2-9H,10-14H2,1H3,(H,25,30)(H,26,27)/b8-4+. The van der Waals surface area contributed by atoms with E-state index in [0.29, 0.717) is 54.2 Å². The van der Waals surface area contributed by atoms with Crippen LogP contribution in [0, 0.1) is 5.82 Å². The molecule has 166 valence electrons. The fraction of sp³-hybridized carbons (Fsp3) is 0.261. The Morgan fingerprint density at radius 3 is 2.66 bits per heavy atom. The first kappa shape index (κ1) is 21.5. The second kappa shape index (κ2) is 9.61. The van der Waals surface area contributed by atoms with Crippen LogP contribution in [-0.4, -0.2) is 66.9 Å². The minimum absolute atomic E-state index is 0.108. The van der Waals surface area contributed by atoms with Crippen LogP contribution in [0.5, 0.6) is 5.75 Å². The zero-order valence-corrected chi connectivity index (χ0v) is 17.6. The van der Waals surface area contributed by atoms with Gasteiger partial charge in [0.2, 0.25) is 5.91 Å². The van der Waals surface area contributed by atoms with Gasteiger partial charge in [0.25, 0.3) is 5.91 Å². The molecule has 0 aliphatic carbocycles. The highest BCUT2D eigenvalue weighted by Crippen LogP contribution is 2.32. The van der Waals surface area contributed by atoms with Gasteiger partial charge in [-0.3, -0.25) is 14.7 Å². The molecular weight excluding hydrogens is 415 g/mol. The fourth-order valence-corrected chi connectivity index (χ4v) is 3.54. The number of nitrogens with one attached hydrogen (secondary N) is 2. The summed E-state index contributed by atoms with van der Waals surface area (Å²) in [6.07, 6.45) is 3.59. The molecule has 2 heterocycles. The first-order valence-corrected chi connectivity index (χ1v) is 10.2. The first-order valence-electron chi connectivity index (χ1n) is 10.2. The maximum atomic E-state index is 13.1. The van der Waals surface area contributed by atoms with Gasteiger partial charge in [-0.05, 0) is 35.9 Å². The highest BCUT2D eigenvalue weighted by atomic mass is 19.1. The lowest BCUT2D eigenvalue weighted by Gasteiger charge is -2.26. The van der Waals surface area contributed by atoms with Crippen LogP contribution in [0.3, 0.4) is 0 Å². The SMILES string of the molecule is COc1c(C(=O)NCC(=O)N2CCOCC2)ccc2n[nH]c(/C=C/c3ccc(F)cc3)c12. The first-order chi connectivity index (χ1) is 15.6. The molecule has 1 aliphatic rings. The summed E-state index contributed by atoms with van der Waals surface area (Å²) < 4.78 is 23.9. The maximum Gasteiger partial charge on any atom is 0.255 e. The van der Waals surface area contributed by atoms with Crippen LogP contribution >= 0.6 is 0 Å². The van der Waals surface area contributed by atoms with E-state index in [0.717, 1.165) is 5.56 Å². The number of hydrogen-bond donors (Lipinski definition) is 2. The third-order valence-electron chi connectivity index (χ3n) is 5.23. The number of H-pyrrole nitrogens is 1. The summed E-state index contributed by atoms with van der Waals surface area (Å²) in [5.41, 5.74) is 2.37. The fourth-order valence-electron chi connectivity index (χ4n) is 3.54. The number of ether oxygens (including phenoxy) is 2. The number of benzene rings is 2. The predicted molar refractivity (Wildman–Crippen MR) is 118 cm³/mol. The van der Waals surface area contributed by atoms with E-state index in [1.165, 1.54) is 19.2 Å². The van der Waals surface area contributed by atoms with Gasteiger partial charge in [-0.2, -0.15) is 5.10 Å². The zero-order chi connectivity index (χ0) is 22.5. The highest BCUT2D eigenvalue weighted by molar-refractivity contribution is 6.06. The molecule has 1 fully saturated rings. The Bertz CT molecular complexity index is 1150. The van der Waals surface area contributed by atoms with Gasteiger partial charge >= 0.3 is 0 Å². The summed E-state index contributed by atoms with van der Waals surface area (Å²) in [6, 6.07) is 9.40. The number of carbonyl (C=O) groups excluding carboxylic acids is 2. The number of aromatic amines is 1. The molecule has 1 aliphatic heterocycles. The average Bonchev–Trinajstić information content (AvgIpc) is 3.25. The van der Waals surface area contributed by atoms with Crippen LogP contribution in [0.15, 0.2) is 36.4 Å². The molecule has 1 aromatic heterocycles. The topological polar surface area (TPSA) is 96.6 Å². The molecule has 2 N–H and O–H groups in total. The minimum Gasteiger partial charge on any atom is -0.495 e. The van der Waals surface area contributed by atoms with E-state index in [1.807, 2.05) is 0 Å². The van der Waals surface area contributed by atoms with E-state index >= 15 is 0 Å². The lowest BCUT2D eigenvalue weighted by Crippen LogP contribution is -2.45. The molecular formula is C23H23FN4O4. The van der Waals surface area contributed by atoms with E-state index in [4.69, 9.17) is 9.47 Å². The molecule has 1 saturated heterocycles. The van der Waals surface area contributed by atoms with E-state index in [9.17, 15) is 14.0 Å². The normalized spacial score (nSPS) is 14.1. The molecule has 32 heavy (non-hydrogen) atoms. The number of morpholine rings is 1. The molecule has 0 spiro atoms. The van der Waals surface area contributed by atoms with Crippen molar-refractivity contribution >= 4 is 34.9 Å². The molecule has 0 saturated carbocycles. The van der Waals surface area contributed by atoms with Crippen molar-refractivity contribution in [2.24, 2.45) is 0 Å². The van der Waals surface area contributed by atoms with E-state index < -0.39 is 5.91 Å². The summed E-state index contributed by atoms with van der Waals surface area (Å²) in [7, 11) is 1.48. The number of fused-ring (bicyclic) bond motifs is 1. The van der Waals surface area contributed by atoms with Crippen LogP contribution in [0.25, 0.3) is 23.1 Å². The smallest absolute Gasteiger partial charge is 0.255 e. The molecule has 0 radical (unpaired) electrons. The number of amides is 2. The van der Waals surface area contributed by atoms with Gasteiger partial charge in [-0.15, -0.1) is 0 Å². The maximum absolute atomic E-state index is 13.1. The van der Waals surface area contributed by atoms with Crippen molar-refractivity contribution in [1.29, 1.82) is 0 Å². The number of nitrogens with zero attached hydrogens (tertiary/aromatic N) is 2. The predicted octanol–water partition coefficient (Wildman–Crippen LogP) is 2.47. The van der Waals surface area contributed by atoms with E-state index in [1.54, 1.807) is 41.3 Å². The van der Waals surface area contributed by atoms with Crippen molar-refractivity contribution in [1.82, 2.24) is 20.4 Å². The molecule has 0 unspecified atom stereocenters. The quantitative estimate of drug-likeness (QED) is 0.616. The lowest BCUT2D eigenvalue weighted by atomic mass is 10.1. The summed E-state index contributed by atoms with van der Waals surface area (Å²) in [6.45, 7) is 1.92.